The van der Waals surface area contributed by atoms with Crippen molar-refractivity contribution in [2.45, 2.75) is 38.5 Å². The molecule has 0 aliphatic heterocycles. The first-order valence-corrected chi connectivity index (χ1v) is 11.3. The summed E-state index contributed by atoms with van der Waals surface area (Å²) >= 11 is 12.0. The van der Waals surface area contributed by atoms with E-state index in [-0.39, 0.29) is 17.2 Å². The predicted molar refractivity (Wildman–Crippen MR) is 120 cm³/mol. The molecule has 0 aromatic heterocycles. The second-order valence-electron chi connectivity index (χ2n) is 9.31. The summed E-state index contributed by atoms with van der Waals surface area (Å²) in [7, 11) is 0. The zero-order valence-corrected chi connectivity index (χ0v) is 18.1. The third-order valence-electron chi connectivity index (χ3n) is 7.10. The van der Waals surface area contributed by atoms with Crippen LogP contribution < -0.4 is 10.6 Å². The summed E-state index contributed by atoms with van der Waals surface area (Å²) < 4.78 is 0. The van der Waals surface area contributed by atoms with Gasteiger partial charge in [0.25, 0.3) is 5.91 Å². The third kappa shape index (κ3) is 3.72. The van der Waals surface area contributed by atoms with Crippen LogP contribution in [-0.2, 0) is 4.79 Å². The van der Waals surface area contributed by atoms with Crippen molar-refractivity contribution in [1.29, 1.82) is 0 Å². The van der Waals surface area contributed by atoms with Crippen molar-refractivity contribution in [3.05, 3.63) is 58.1 Å². The fourth-order valence-corrected chi connectivity index (χ4v) is 6.66. The lowest BCUT2D eigenvalue weighted by Gasteiger charge is -2.55. The Morgan fingerprint density at radius 2 is 1.33 bits per heavy atom. The molecular formula is C24H24Cl2N2O2. The molecule has 0 radical (unpaired) electrons. The average molecular weight is 443 g/mol. The molecule has 0 saturated heterocycles. The number of rotatable bonds is 4. The first-order chi connectivity index (χ1) is 14.4. The Labute approximate surface area is 186 Å². The quantitative estimate of drug-likeness (QED) is 0.575. The van der Waals surface area contributed by atoms with E-state index in [0.29, 0.717) is 21.3 Å². The van der Waals surface area contributed by atoms with E-state index in [4.69, 9.17) is 23.2 Å². The summed E-state index contributed by atoms with van der Waals surface area (Å²) in [4.78, 5) is 25.6. The van der Waals surface area contributed by atoms with Gasteiger partial charge in [0.15, 0.2) is 0 Å². The van der Waals surface area contributed by atoms with Gasteiger partial charge >= 0.3 is 0 Å². The number of nitrogens with one attached hydrogen (secondary N) is 2. The average Bonchev–Trinajstić information content (AvgIpc) is 2.68. The van der Waals surface area contributed by atoms with Gasteiger partial charge in [0.1, 0.15) is 0 Å². The van der Waals surface area contributed by atoms with E-state index in [2.05, 4.69) is 10.6 Å². The molecule has 4 fully saturated rings. The van der Waals surface area contributed by atoms with Crippen LogP contribution >= 0.6 is 23.2 Å². The molecule has 4 aliphatic rings. The number of benzene rings is 2. The van der Waals surface area contributed by atoms with Crippen molar-refractivity contribution >= 4 is 46.4 Å². The summed E-state index contributed by atoms with van der Waals surface area (Å²) in [5.74, 6) is 2.08. The summed E-state index contributed by atoms with van der Waals surface area (Å²) in [5.41, 5.74) is 1.59. The van der Waals surface area contributed by atoms with E-state index < -0.39 is 0 Å². The van der Waals surface area contributed by atoms with E-state index in [1.54, 1.807) is 30.3 Å². The highest BCUT2D eigenvalue weighted by Gasteiger charge is 2.54. The van der Waals surface area contributed by atoms with Crippen LogP contribution in [0.2, 0.25) is 10.0 Å². The van der Waals surface area contributed by atoms with E-state index in [9.17, 15) is 9.59 Å². The first-order valence-electron chi connectivity index (χ1n) is 10.6. The van der Waals surface area contributed by atoms with Crippen LogP contribution in [0.5, 0.6) is 0 Å². The zero-order chi connectivity index (χ0) is 20.9. The summed E-state index contributed by atoms with van der Waals surface area (Å²) in [6.07, 6.45) is 7.08. The van der Waals surface area contributed by atoms with Gasteiger partial charge in [-0.05, 0) is 98.7 Å². The minimum Gasteiger partial charge on any atom is -0.326 e. The monoisotopic (exact) mass is 442 g/mol. The number of halogens is 2. The Morgan fingerprint density at radius 1 is 0.800 bits per heavy atom. The molecule has 2 N–H and O–H groups in total. The first kappa shape index (κ1) is 19.9. The molecule has 2 amide bonds. The van der Waals surface area contributed by atoms with Crippen molar-refractivity contribution in [1.82, 2.24) is 0 Å². The zero-order valence-electron chi connectivity index (χ0n) is 16.6. The fraction of sp³-hybridized carbons (Fsp3) is 0.417. The third-order valence-corrected chi connectivity index (χ3v) is 7.64. The van der Waals surface area contributed by atoms with Crippen LogP contribution in [-0.4, -0.2) is 11.8 Å². The van der Waals surface area contributed by atoms with Crippen LogP contribution in [0.4, 0.5) is 11.4 Å². The van der Waals surface area contributed by atoms with E-state index in [0.717, 1.165) is 42.7 Å². The Morgan fingerprint density at radius 3 is 1.87 bits per heavy atom. The number of hydrogen-bond donors (Lipinski definition) is 2. The molecule has 6 heteroatoms. The second-order valence-corrected chi connectivity index (χ2v) is 10.2. The Bertz CT molecular complexity index is 967. The molecule has 30 heavy (non-hydrogen) atoms. The van der Waals surface area contributed by atoms with Gasteiger partial charge in [0.2, 0.25) is 5.91 Å². The fourth-order valence-electron chi connectivity index (χ4n) is 6.16. The number of anilines is 2. The van der Waals surface area contributed by atoms with E-state index >= 15 is 0 Å². The Balaban J connectivity index is 1.24. The molecule has 2 aromatic rings. The number of carbonyl (C=O) groups excluding carboxylic acids is 2. The minimum absolute atomic E-state index is 0.173. The Hall–Kier alpha value is -2.04. The summed E-state index contributed by atoms with van der Waals surface area (Å²) in [6, 6.07) is 12.0. The normalized spacial score (nSPS) is 28.9. The standard InChI is InChI=1S/C24H24Cl2N2O2/c25-17-1-6-20(21(26)10-17)22(29)27-18-2-4-19(5-3-18)28-23(30)24-11-14-7-15(12-24)9-16(8-14)13-24/h1-6,10,14-16H,7-9,11-13H2,(H,27,29)(H,28,30). The summed E-state index contributed by atoms with van der Waals surface area (Å²) in [5, 5.41) is 6.75. The molecule has 4 bridgehead atoms. The van der Waals surface area contributed by atoms with Gasteiger partial charge in [-0.2, -0.15) is 0 Å². The number of amides is 2. The van der Waals surface area contributed by atoms with E-state index in [1.165, 1.54) is 19.3 Å². The lowest BCUT2D eigenvalue weighted by atomic mass is 9.49. The van der Waals surface area contributed by atoms with Gasteiger partial charge in [-0.15, -0.1) is 0 Å². The topological polar surface area (TPSA) is 58.2 Å². The van der Waals surface area contributed by atoms with Crippen LogP contribution in [0, 0.1) is 23.2 Å². The van der Waals surface area contributed by atoms with Gasteiger partial charge in [-0.3, -0.25) is 9.59 Å². The molecule has 2 aromatic carbocycles. The SMILES string of the molecule is O=C(Nc1ccc(NC(=O)C23CC4CC(CC(C4)C2)C3)cc1)c1ccc(Cl)cc1Cl. The predicted octanol–water partition coefficient (Wildman–Crippen LogP) is 6.40. The highest BCUT2D eigenvalue weighted by molar-refractivity contribution is 6.37. The van der Waals surface area contributed by atoms with Crippen LogP contribution in [0.15, 0.2) is 42.5 Å². The molecular weight excluding hydrogens is 419 g/mol. The lowest BCUT2D eigenvalue weighted by Crippen LogP contribution is -2.51. The molecule has 0 spiro atoms. The maximum absolute atomic E-state index is 13.2. The van der Waals surface area contributed by atoms with E-state index in [1.807, 2.05) is 12.1 Å². The largest absolute Gasteiger partial charge is 0.326 e. The second kappa shape index (κ2) is 7.58. The molecule has 0 heterocycles. The minimum atomic E-state index is -0.304. The van der Waals surface area contributed by atoms with Crippen molar-refractivity contribution < 1.29 is 9.59 Å². The highest BCUT2D eigenvalue weighted by Crippen LogP contribution is 2.60. The molecule has 0 atom stereocenters. The molecule has 4 saturated carbocycles. The number of carbonyl (C=O) groups is 2. The van der Waals surface area contributed by atoms with Gasteiger partial charge in [0, 0.05) is 16.4 Å². The molecule has 4 nitrogen and oxygen atoms in total. The van der Waals surface area contributed by atoms with Crippen LogP contribution in [0.25, 0.3) is 0 Å². The summed E-state index contributed by atoms with van der Waals surface area (Å²) in [6.45, 7) is 0. The highest BCUT2D eigenvalue weighted by atomic mass is 35.5. The van der Waals surface area contributed by atoms with Crippen LogP contribution in [0.3, 0.4) is 0 Å². The van der Waals surface area contributed by atoms with Crippen molar-refractivity contribution in [2.75, 3.05) is 10.6 Å². The maximum Gasteiger partial charge on any atom is 0.257 e. The van der Waals surface area contributed by atoms with Gasteiger partial charge in [-0.25, -0.2) is 0 Å². The van der Waals surface area contributed by atoms with Gasteiger partial charge in [0.05, 0.1) is 16.0 Å². The van der Waals surface area contributed by atoms with Gasteiger partial charge < -0.3 is 10.6 Å². The van der Waals surface area contributed by atoms with Crippen LogP contribution in [0.1, 0.15) is 48.9 Å². The molecule has 6 rings (SSSR count). The van der Waals surface area contributed by atoms with Crippen molar-refractivity contribution in [3.8, 4) is 0 Å². The molecule has 0 unspecified atom stereocenters. The Kier molecular flexibility index (Phi) is 5.03. The van der Waals surface area contributed by atoms with Crippen molar-refractivity contribution in [3.63, 3.8) is 0 Å². The number of hydrogen-bond acceptors (Lipinski definition) is 2. The molecule has 156 valence electrons. The molecule has 4 aliphatic carbocycles. The lowest BCUT2D eigenvalue weighted by molar-refractivity contribution is -0.140. The smallest absolute Gasteiger partial charge is 0.257 e. The van der Waals surface area contributed by atoms with Crippen molar-refractivity contribution in [2.24, 2.45) is 23.2 Å². The maximum atomic E-state index is 13.2. The van der Waals surface area contributed by atoms with Gasteiger partial charge in [-0.1, -0.05) is 23.2 Å².